The first-order chi connectivity index (χ1) is 14.3. The van der Waals surface area contributed by atoms with E-state index in [2.05, 4.69) is 15.9 Å². The Kier molecular flexibility index (Phi) is 7.53. The molecule has 0 bridgehead atoms. The second-order valence-electron chi connectivity index (χ2n) is 6.71. The van der Waals surface area contributed by atoms with E-state index in [0.29, 0.717) is 10.7 Å². The third kappa shape index (κ3) is 5.63. The summed E-state index contributed by atoms with van der Waals surface area (Å²) in [5, 5.41) is 10.6. The van der Waals surface area contributed by atoms with E-state index in [1.165, 1.54) is 11.0 Å². The van der Waals surface area contributed by atoms with Crippen LogP contribution in [0.4, 0.5) is 5.69 Å². The molecule has 1 amide bonds. The summed E-state index contributed by atoms with van der Waals surface area (Å²) in [6, 6.07) is 20.0. The van der Waals surface area contributed by atoms with Crippen molar-refractivity contribution in [3.63, 3.8) is 0 Å². The molecule has 7 heteroatoms. The van der Waals surface area contributed by atoms with Gasteiger partial charge in [0.25, 0.3) is 0 Å². The largest absolute Gasteiger partial charge is 0.480 e. The third-order valence-electron chi connectivity index (χ3n) is 4.55. The normalized spacial score (nSPS) is 11.7. The zero-order valence-electron chi connectivity index (χ0n) is 15.8. The summed E-state index contributed by atoms with van der Waals surface area (Å²) in [4.78, 5) is 26.8. The van der Waals surface area contributed by atoms with Gasteiger partial charge in [-0.15, -0.1) is 0 Å². The molecule has 0 aromatic heterocycles. The molecule has 1 N–H and O–H groups in total. The molecule has 0 aliphatic carbocycles. The van der Waals surface area contributed by atoms with Crippen LogP contribution in [-0.4, -0.2) is 23.0 Å². The Bertz CT molecular complexity index is 1060. The monoisotopic (exact) mass is 505 g/mol. The summed E-state index contributed by atoms with van der Waals surface area (Å²) in [5.74, 6) is -1.49. The minimum atomic E-state index is -1.13. The fourth-order valence-electron chi connectivity index (χ4n) is 3.19. The first-order valence-electron chi connectivity index (χ1n) is 9.13. The second-order valence-corrected chi connectivity index (χ2v) is 8.47. The Balaban J connectivity index is 2.02. The summed E-state index contributed by atoms with van der Waals surface area (Å²) in [7, 11) is 0. The summed E-state index contributed by atoms with van der Waals surface area (Å²) in [5.41, 5.74) is 1.87. The van der Waals surface area contributed by atoms with E-state index < -0.39 is 12.0 Å². The van der Waals surface area contributed by atoms with Crippen LogP contribution >= 0.6 is 39.1 Å². The van der Waals surface area contributed by atoms with Gasteiger partial charge in [0.1, 0.15) is 6.04 Å². The van der Waals surface area contributed by atoms with Crippen LogP contribution in [0.3, 0.4) is 0 Å². The van der Waals surface area contributed by atoms with Crippen molar-refractivity contribution in [2.24, 2.45) is 0 Å². The molecule has 0 radical (unpaired) electrons. The molecule has 30 heavy (non-hydrogen) atoms. The summed E-state index contributed by atoms with van der Waals surface area (Å²) in [6.07, 6.45) is 0.163. The van der Waals surface area contributed by atoms with Gasteiger partial charge in [-0.25, -0.2) is 4.79 Å². The number of aliphatic carboxylic acids is 1. The average molecular weight is 507 g/mol. The maximum Gasteiger partial charge on any atom is 0.327 e. The molecule has 1 atom stereocenters. The van der Waals surface area contributed by atoms with Crippen LogP contribution in [0.25, 0.3) is 0 Å². The number of carbonyl (C=O) groups is 2. The van der Waals surface area contributed by atoms with E-state index in [1.54, 1.807) is 12.1 Å². The van der Waals surface area contributed by atoms with Gasteiger partial charge in [0, 0.05) is 15.9 Å². The number of rotatable bonds is 7. The van der Waals surface area contributed by atoms with Crippen LogP contribution in [0, 0.1) is 0 Å². The molecule has 0 unspecified atom stereocenters. The minimum Gasteiger partial charge on any atom is -0.480 e. The number of amides is 1. The molecule has 0 spiro atoms. The molecule has 0 fully saturated rings. The topological polar surface area (TPSA) is 57.6 Å². The van der Waals surface area contributed by atoms with Crippen LogP contribution < -0.4 is 4.90 Å². The van der Waals surface area contributed by atoms with Crippen LogP contribution in [-0.2, 0) is 22.4 Å². The number of anilines is 1. The Labute approximate surface area is 193 Å². The lowest BCUT2D eigenvalue weighted by Crippen LogP contribution is -2.47. The van der Waals surface area contributed by atoms with Gasteiger partial charge in [-0.05, 0) is 41.5 Å². The molecule has 4 nitrogen and oxygen atoms in total. The van der Waals surface area contributed by atoms with Gasteiger partial charge < -0.3 is 5.11 Å². The maximum atomic E-state index is 13.4. The number of carboxylic acids is 1. The number of hydrogen-bond acceptors (Lipinski definition) is 2. The number of halogens is 3. The number of carboxylic acid groups (broad SMARTS) is 1. The molecule has 3 aromatic rings. The Morgan fingerprint density at radius 2 is 1.63 bits per heavy atom. The highest BCUT2D eigenvalue weighted by Gasteiger charge is 2.32. The first kappa shape index (κ1) is 22.3. The maximum absolute atomic E-state index is 13.4. The third-order valence-corrected chi connectivity index (χ3v) is 5.58. The zero-order valence-corrected chi connectivity index (χ0v) is 18.9. The Morgan fingerprint density at radius 3 is 2.27 bits per heavy atom. The molecular weight excluding hydrogens is 489 g/mol. The molecule has 0 heterocycles. The minimum absolute atomic E-state index is 0.0248. The quantitative estimate of drug-likeness (QED) is 0.425. The van der Waals surface area contributed by atoms with Crippen LogP contribution in [0.1, 0.15) is 11.1 Å². The highest BCUT2D eigenvalue weighted by Crippen LogP contribution is 2.32. The fourth-order valence-corrected chi connectivity index (χ4v) is 4.13. The van der Waals surface area contributed by atoms with Crippen molar-refractivity contribution in [2.75, 3.05) is 4.90 Å². The van der Waals surface area contributed by atoms with Crippen molar-refractivity contribution in [3.8, 4) is 0 Å². The van der Waals surface area contributed by atoms with Gasteiger partial charge in [-0.1, -0.05) is 81.6 Å². The second kappa shape index (κ2) is 10.1. The lowest BCUT2D eigenvalue weighted by atomic mass is 10.0. The van der Waals surface area contributed by atoms with Gasteiger partial charge in [0.15, 0.2) is 0 Å². The number of nitrogens with zero attached hydrogens (tertiary/aromatic N) is 1. The van der Waals surface area contributed by atoms with E-state index in [0.717, 1.165) is 15.6 Å². The van der Waals surface area contributed by atoms with E-state index in [9.17, 15) is 14.7 Å². The van der Waals surface area contributed by atoms with Gasteiger partial charge in [0.05, 0.1) is 17.1 Å². The van der Waals surface area contributed by atoms with Crippen molar-refractivity contribution >= 4 is 56.7 Å². The van der Waals surface area contributed by atoms with Gasteiger partial charge in [-0.3, -0.25) is 9.69 Å². The van der Waals surface area contributed by atoms with E-state index in [4.69, 9.17) is 23.2 Å². The van der Waals surface area contributed by atoms with Crippen LogP contribution in [0.15, 0.2) is 77.3 Å². The molecule has 0 saturated carbocycles. The molecule has 3 aromatic carbocycles. The summed E-state index contributed by atoms with van der Waals surface area (Å²) >= 11 is 15.8. The highest BCUT2D eigenvalue weighted by molar-refractivity contribution is 9.10. The number of carbonyl (C=O) groups excluding carboxylic acids is 1. The lowest BCUT2D eigenvalue weighted by molar-refractivity contribution is -0.140. The molecule has 0 aliphatic heterocycles. The molecule has 0 aliphatic rings. The SMILES string of the molecule is O=C(O)[C@@H](Cc1ccccc1)N(C(=O)Cc1cccc(Br)c1)c1ccc(Cl)cc1Cl. The first-order valence-corrected chi connectivity index (χ1v) is 10.7. The number of benzene rings is 3. The summed E-state index contributed by atoms with van der Waals surface area (Å²) in [6.45, 7) is 0. The lowest BCUT2D eigenvalue weighted by Gasteiger charge is -2.30. The smallest absolute Gasteiger partial charge is 0.327 e. The molecule has 154 valence electrons. The summed E-state index contributed by atoms with van der Waals surface area (Å²) < 4.78 is 0.836. The fraction of sp³-hybridized carbons (Fsp3) is 0.130. The average Bonchev–Trinajstić information content (AvgIpc) is 2.69. The van der Waals surface area contributed by atoms with Gasteiger partial charge in [0.2, 0.25) is 5.91 Å². The standard InChI is InChI=1S/C23H18BrCl2NO3/c24-17-8-4-7-16(11-17)13-22(28)27(20-10-9-18(25)14-19(20)26)21(23(29)30)12-15-5-2-1-3-6-15/h1-11,14,21H,12-13H2,(H,29,30)/t21-/m1/s1. The molecule has 0 saturated heterocycles. The Morgan fingerprint density at radius 1 is 0.933 bits per heavy atom. The van der Waals surface area contributed by atoms with Crippen molar-refractivity contribution < 1.29 is 14.7 Å². The van der Waals surface area contributed by atoms with Crippen molar-refractivity contribution in [1.82, 2.24) is 0 Å². The van der Waals surface area contributed by atoms with Crippen LogP contribution in [0.2, 0.25) is 10.0 Å². The molecular formula is C23H18BrCl2NO3. The van der Waals surface area contributed by atoms with Gasteiger partial charge in [-0.2, -0.15) is 0 Å². The highest BCUT2D eigenvalue weighted by atomic mass is 79.9. The predicted molar refractivity (Wildman–Crippen MR) is 123 cm³/mol. The van der Waals surface area contributed by atoms with Crippen molar-refractivity contribution in [1.29, 1.82) is 0 Å². The van der Waals surface area contributed by atoms with Crippen molar-refractivity contribution in [3.05, 3.63) is 98.4 Å². The van der Waals surface area contributed by atoms with Crippen LogP contribution in [0.5, 0.6) is 0 Å². The van der Waals surface area contributed by atoms with E-state index >= 15 is 0 Å². The zero-order chi connectivity index (χ0) is 21.7. The number of hydrogen-bond donors (Lipinski definition) is 1. The van der Waals surface area contributed by atoms with E-state index in [-0.39, 0.29) is 23.8 Å². The predicted octanol–water partition coefficient (Wildman–Crippen LogP) is 6.03. The van der Waals surface area contributed by atoms with Crippen molar-refractivity contribution in [2.45, 2.75) is 18.9 Å². The van der Waals surface area contributed by atoms with E-state index in [1.807, 2.05) is 54.6 Å². The van der Waals surface area contributed by atoms with Gasteiger partial charge >= 0.3 is 5.97 Å². The molecule has 3 rings (SSSR count). The Hall–Kier alpha value is -2.34.